The first-order valence-corrected chi connectivity index (χ1v) is 9.30. The Morgan fingerprint density at radius 3 is 2.48 bits per heavy atom. The molecule has 0 aromatic carbocycles. The summed E-state index contributed by atoms with van der Waals surface area (Å²) in [7, 11) is 0. The van der Waals surface area contributed by atoms with E-state index in [1.807, 2.05) is 11.3 Å². The highest BCUT2D eigenvalue weighted by atomic mass is 32.1. The van der Waals surface area contributed by atoms with Gasteiger partial charge in [0, 0.05) is 22.8 Å². The molecule has 1 aromatic heterocycles. The zero-order valence-electron chi connectivity index (χ0n) is 13.3. The number of thiophene rings is 1. The Labute approximate surface area is 133 Å². The van der Waals surface area contributed by atoms with Gasteiger partial charge in [0.25, 0.3) is 0 Å². The maximum Gasteiger partial charge on any atom is 0.0564 e. The molecular weight excluding hydrogens is 278 g/mol. The summed E-state index contributed by atoms with van der Waals surface area (Å²) in [4.78, 5) is 8.13. The minimum absolute atomic E-state index is 0.441. The SMILES string of the molecule is Cc1ccc(C(CN)N2CCC(CN3CCCC3)CC2)s1. The second-order valence-electron chi connectivity index (χ2n) is 6.69. The second-order valence-corrected chi connectivity index (χ2v) is 8.01. The van der Waals surface area contributed by atoms with Crippen molar-refractivity contribution in [2.75, 3.05) is 39.3 Å². The molecule has 2 fully saturated rings. The molecule has 0 amide bonds. The van der Waals surface area contributed by atoms with E-state index >= 15 is 0 Å². The average molecular weight is 308 g/mol. The van der Waals surface area contributed by atoms with Crippen LogP contribution in [0.1, 0.15) is 41.5 Å². The fourth-order valence-electron chi connectivity index (χ4n) is 3.86. The number of likely N-dealkylation sites (tertiary alicyclic amines) is 2. The lowest BCUT2D eigenvalue weighted by Gasteiger charge is -2.37. The molecule has 0 saturated carbocycles. The molecule has 1 atom stereocenters. The first kappa shape index (κ1) is 15.5. The van der Waals surface area contributed by atoms with Gasteiger partial charge in [-0.1, -0.05) is 0 Å². The minimum Gasteiger partial charge on any atom is -0.329 e. The van der Waals surface area contributed by atoms with E-state index in [1.165, 1.54) is 68.2 Å². The number of hydrogen-bond donors (Lipinski definition) is 1. The molecule has 0 spiro atoms. The summed E-state index contributed by atoms with van der Waals surface area (Å²) < 4.78 is 0. The van der Waals surface area contributed by atoms with Gasteiger partial charge in [-0.2, -0.15) is 0 Å². The highest BCUT2D eigenvalue weighted by molar-refractivity contribution is 7.12. The maximum absolute atomic E-state index is 6.07. The van der Waals surface area contributed by atoms with Crippen molar-refractivity contribution >= 4 is 11.3 Å². The fourth-order valence-corrected chi connectivity index (χ4v) is 4.88. The van der Waals surface area contributed by atoms with Crippen molar-refractivity contribution in [2.24, 2.45) is 11.7 Å². The quantitative estimate of drug-likeness (QED) is 0.908. The molecule has 4 heteroatoms. The normalized spacial score (nSPS) is 23.7. The molecule has 2 aliphatic rings. The van der Waals surface area contributed by atoms with Crippen molar-refractivity contribution in [3.05, 3.63) is 21.9 Å². The minimum atomic E-state index is 0.441. The molecule has 3 rings (SSSR count). The van der Waals surface area contributed by atoms with Crippen LogP contribution in [0.15, 0.2) is 12.1 Å². The number of aryl methyl sites for hydroxylation is 1. The topological polar surface area (TPSA) is 32.5 Å². The van der Waals surface area contributed by atoms with Crippen molar-refractivity contribution in [2.45, 2.75) is 38.6 Å². The van der Waals surface area contributed by atoms with E-state index < -0.39 is 0 Å². The Morgan fingerprint density at radius 2 is 1.90 bits per heavy atom. The zero-order chi connectivity index (χ0) is 14.7. The summed E-state index contributed by atoms with van der Waals surface area (Å²) in [5, 5.41) is 0. The third-order valence-corrected chi connectivity index (χ3v) is 6.22. The van der Waals surface area contributed by atoms with E-state index in [9.17, 15) is 0 Å². The number of nitrogens with zero attached hydrogens (tertiary/aromatic N) is 2. The molecule has 3 nitrogen and oxygen atoms in total. The number of piperidine rings is 1. The molecule has 1 unspecified atom stereocenters. The zero-order valence-corrected chi connectivity index (χ0v) is 14.1. The van der Waals surface area contributed by atoms with E-state index in [4.69, 9.17) is 5.73 Å². The van der Waals surface area contributed by atoms with Gasteiger partial charge in [-0.15, -0.1) is 11.3 Å². The lowest BCUT2D eigenvalue weighted by Crippen LogP contribution is -2.41. The molecule has 2 N–H and O–H groups in total. The first-order valence-electron chi connectivity index (χ1n) is 8.49. The lowest BCUT2D eigenvalue weighted by atomic mass is 9.95. The van der Waals surface area contributed by atoms with Crippen molar-refractivity contribution in [3.63, 3.8) is 0 Å². The maximum atomic E-state index is 6.07. The summed E-state index contributed by atoms with van der Waals surface area (Å²) >= 11 is 1.91. The van der Waals surface area contributed by atoms with Crippen LogP contribution in [-0.4, -0.2) is 49.1 Å². The monoisotopic (exact) mass is 307 g/mol. The largest absolute Gasteiger partial charge is 0.329 e. The van der Waals surface area contributed by atoms with E-state index in [1.54, 1.807) is 0 Å². The van der Waals surface area contributed by atoms with Gasteiger partial charge in [-0.05, 0) is 76.8 Å². The average Bonchev–Trinajstić information content (AvgIpc) is 3.14. The highest BCUT2D eigenvalue weighted by Crippen LogP contribution is 2.31. The summed E-state index contributed by atoms with van der Waals surface area (Å²) in [5.41, 5.74) is 6.07. The number of nitrogens with two attached hydrogens (primary N) is 1. The van der Waals surface area contributed by atoms with E-state index in [2.05, 4.69) is 28.9 Å². The van der Waals surface area contributed by atoms with Crippen LogP contribution < -0.4 is 5.73 Å². The second kappa shape index (κ2) is 7.23. The molecule has 21 heavy (non-hydrogen) atoms. The third kappa shape index (κ3) is 3.86. The predicted molar refractivity (Wildman–Crippen MR) is 90.8 cm³/mol. The predicted octanol–water partition coefficient (Wildman–Crippen LogP) is 2.86. The Kier molecular flexibility index (Phi) is 5.33. The van der Waals surface area contributed by atoms with Gasteiger partial charge >= 0.3 is 0 Å². The third-order valence-electron chi connectivity index (χ3n) is 5.12. The van der Waals surface area contributed by atoms with Gasteiger partial charge in [0.05, 0.1) is 6.04 Å². The smallest absolute Gasteiger partial charge is 0.0564 e. The Bertz CT molecular complexity index is 431. The lowest BCUT2D eigenvalue weighted by molar-refractivity contribution is 0.119. The van der Waals surface area contributed by atoms with Gasteiger partial charge in [-0.25, -0.2) is 0 Å². The summed E-state index contributed by atoms with van der Waals surface area (Å²) in [6.07, 6.45) is 5.51. The van der Waals surface area contributed by atoms with Gasteiger partial charge in [-0.3, -0.25) is 4.90 Å². The Balaban J connectivity index is 1.51. The molecular formula is C17H29N3S. The van der Waals surface area contributed by atoms with Gasteiger partial charge in [0.1, 0.15) is 0 Å². The van der Waals surface area contributed by atoms with Crippen molar-refractivity contribution in [1.82, 2.24) is 9.80 Å². The number of hydrogen-bond acceptors (Lipinski definition) is 4. The van der Waals surface area contributed by atoms with E-state index in [-0.39, 0.29) is 0 Å². The van der Waals surface area contributed by atoms with Crippen LogP contribution >= 0.6 is 11.3 Å². The van der Waals surface area contributed by atoms with Crippen molar-refractivity contribution in [1.29, 1.82) is 0 Å². The van der Waals surface area contributed by atoms with Crippen LogP contribution in [0.4, 0.5) is 0 Å². The summed E-state index contributed by atoms with van der Waals surface area (Å²) in [6.45, 7) is 9.37. The van der Waals surface area contributed by atoms with Crippen LogP contribution in [0.5, 0.6) is 0 Å². The fraction of sp³-hybridized carbons (Fsp3) is 0.765. The molecule has 2 saturated heterocycles. The summed E-state index contributed by atoms with van der Waals surface area (Å²) in [5.74, 6) is 0.905. The Hall–Kier alpha value is -0.420. The van der Waals surface area contributed by atoms with Gasteiger partial charge in [0.2, 0.25) is 0 Å². The molecule has 3 heterocycles. The van der Waals surface area contributed by atoms with Crippen molar-refractivity contribution in [3.8, 4) is 0 Å². The standard InChI is InChI=1S/C17H29N3S/c1-14-4-5-17(21-14)16(12-18)20-10-6-15(7-11-20)13-19-8-2-3-9-19/h4-5,15-16H,2-3,6-13,18H2,1H3. The van der Waals surface area contributed by atoms with E-state index in [0.717, 1.165) is 12.5 Å². The van der Waals surface area contributed by atoms with Crippen molar-refractivity contribution < 1.29 is 0 Å². The van der Waals surface area contributed by atoms with Crippen LogP contribution in [0.3, 0.4) is 0 Å². The first-order chi connectivity index (χ1) is 10.3. The van der Waals surface area contributed by atoms with Gasteiger partial charge < -0.3 is 10.6 Å². The van der Waals surface area contributed by atoms with Crippen LogP contribution in [0.25, 0.3) is 0 Å². The molecule has 0 radical (unpaired) electrons. The molecule has 0 bridgehead atoms. The van der Waals surface area contributed by atoms with E-state index in [0.29, 0.717) is 6.04 Å². The Morgan fingerprint density at radius 1 is 1.19 bits per heavy atom. The van der Waals surface area contributed by atoms with Gasteiger partial charge in [0.15, 0.2) is 0 Å². The summed E-state index contributed by atoms with van der Waals surface area (Å²) in [6, 6.07) is 4.94. The van der Waals surface area contributed by atoms with Crippen LogP contribution in [-0.2, 0) is 0 Å². The molecule has 0 aliphatic carbocycles. The molecule has 1 aromatic rings. The number of rotatable bonds is 5. The van der Waals surface area contributed by atoms with Crippen LogP contribution in [0.2, 0.25) is 0 Å². The molecule has 118 valence electrons. The van der Waals surface area contributed by atoms with Crippen LogP contribution in [0, 0.1) is 12.8 Å². The highest BCUT2D eigenvalue weighted by Gasteiger charge is 2.27. The molecule has 2 aliphatic heterocycles.